The molecule has 0 radical (unpaired) electrons. The van der Waals surface area contributed by atoms with Crippen LogP contribution in [0.15, 0.2) is 53.5 Å². The molecule has 0 saturated heterocycles. The number of fused-ring (bicyclic) bond motifs is 2. The average molecular weight is 377 g/mol. The molecule has 1 amide bonds. The minimum atomic E-state index is -0.418. The van der Waals surface area contributed by atoms with Gasteiger partial charge in [0.1, 0.15) is 6.54 Å². The van der Waals surface area contributed by atoms with Crippen LogP contribution in [0.3, 0.4) is 0 Å². The highest BCUT2D eigenvalue weighted by molar-refractivity contribution is 5.98. The summed E-state index contributed by atoms with van der Waals surface area (Å²) in [6.45, 7) is 0.365. The zero-order chi connectivity index (χ0) is 19.7. The van der Waals surface area contributed by atoms with E-state index in [0.29, 0.717) is 29.6 Å². The number of anilines is 1. The third kappa shape index (κ3) is 3.05. The second-order valence-electron chi connectivity index (χ2n) is 6.64. The molecule has 2 aromatic carbocycles. The number of amides is 1. The summed E-state index contributed by atoms with van der Waals surface area (Å²) >= 11 is 0. The van der Waals surface area contributed by atoms with E-state index >= 15 is 0 Å². The number of esters is 1. The fourth-order valence-corrected chi connectivity index (χ4v) is 3.64. The number of benzene rings is 2. The first kappa shape index (κ1) is 17.9. The lowest BCUT2D eigenvalue weighted by molar-refractivity contribution is -0.119. The molecule has 4 rings (SSSR count). The summed E-state index contributed by atoms with van der Waals surface area (Å²) < 4.78 is 6.04. The number of methoxy groups -OCH3 is 1. The van der Waals surface area contributed by atoms with Gasteiger partial charge in [-0.3, -0.25) is 9.59 Å². The standard InChI is InChI=1S/C21H19N3O4/c1-28-21(27)17-8-4-10-18-16(17)9-5-11-23(18)19(25)13-24-20(26)15-7-3-2-6-14(15)12-22-24/h2-4,6-8,10,12H,5,9,11,13H2,1H3. The van der Waals surface area contributed by atoms with E-state index in [0.717, 1.165) is 17.4 Å². The van der Waals surface area contributed by atoms with E-state index in [-0.39, 0.29) is 18.0 Å². The van der Waals surface area contributed by atoms with Crippen molar-refractivity contribution in [1.29, 1.82) is 0 Å². The van der Waals surface area contributed by atoms with Gasteiger partial charge in [0.05, 0.1) is 24.3 Å². The Morgan fingerprint density at radius 1 is 1.14 bits per heavy atom. The maximum Gasteiger partial charge on any atom is 0.338 e. The molecule has 0 atom stereocenters. The number of carbonyl (C=O) groups is 2. The predicted octanol–water partition coefficient (Wildman–Crippen LogP) is 2.16. The molecule has 2 heterocycles. The normalized spacial score (nSPS) is 13.2. The highest BCUT2D eigenvalue weighted by atomic mass is 16.5. The largest absolute Gasteiger partial charge is 0.465 e. The molecule has 0 N–H and O–H groups in total. The van der Waals surface area contributed by atoms with Crippen LogP contribution in [-0.2, 0) is 22.5 Å². The quantitative estimate of drug-likeness (QED) is 0.654. The minimum Gasteiger partial charge on any atom is -0.465 e. The third-order valence-electron chi connectivity index (χ3n) is 5.00. The molecule has 0 saturated carbocycles. The van der Waals surface area contributed by atoms with Crippen LogP contribution >= 0.6 is 0 Å². The summed E-state index contributed by atoms with van der Waals surface area (Å²) in [4.78, 5) is 39.3. The van der Waals surface area contributed by atoms with Crippen LogP contribution in [0, 0.1) is 0 Å². The Hall–Kier alpha value is -3.48. The lowest BCUT2D eigenvalue weighted by Gasteiger charge is -2.30. The average Bonchev–Trinajstić information content (AvgIpc) is 2.74. The van der Waals surface area contributed by atoms with Crippen LogP contribution in [0.5, 0.6) is 0 Å². The molecule has 1 aliphatic heterocycles. The van der Waals surface area contributed by atoms with Crippen molar-refractivity contribution in [3.63, 3.8) is 0 Å². The summed E-state index contributed by atoms with van der Waals surface area (Å²) in [7, 11) is 1.34. The fraction of sp³-hybridized carbons (Fsp3) is 0.238. The van der Waals surface area contributed by atoms with Crippen molar-refractivity contribution in [1.82, 2.24) is 9.78 Å². The van der Waals surface area contributed by atoms with Crippen LogP contribution in [0.4, 0.5) is 5.69 Å². The SMILES string of the molecule is COC(=O)c1cccc2c1CCCN2C(=O)Cn1ncc2ccccc2c1=O. The summed E-state index contributed by atoms with van der Waals surface area (Å²) in [5.74, 6) is -0.661. The Bertz CT molecular complexity index is 1140. The molecule has 7 heteroatoms. The zero-order valence-electron chi connectivity index (χ0n) is 15.4. The van der Waals surface area contributed by atoms with Gasteiger partial charge in [-0.1, -0.05) is 24.3 Å². The number of hydrogen-bond acceptors (Lipinski definition) is 5. The molecule has 1 aromatic heterocycles. The minimum absolute atomic E-state index is 0.161. The number of ether oxygens (including phenoxy) is 1. The van der Waals surface area contributed by atoms with Gasteiger partial charge in [0.2, 0.25) is 5.91 Å². The van der Waals surface area contributed by atoms with E-state index in [2.05, 4.69) is 5.10 Å². The van der Waals surface area contributed by atoms with Gasteiger partial charge in [0, 0.05) is 17.6 Å². The van der Waals surface area contributed by atoms with Crippen LogP contribution < -0.4 is 10.5 Å². The molecule has 142 valence electrons. The second kappa shape index (κ2) is 7.26. The molecule has 0 fully saturated rings. The van der Waals surface area contributed by atoms with Crippen molar-refractivity contribution < 1.29 is 14.3 Å². The number of nitrogens with zero attached hydrogens (tertiary/aromatic N) is 3. The molecule has 28 heavy (non-hydrogen) atoms. The van der Waals surface area contributed by atoms with Gasteiger partial charge < -0.3 is 9.64 Å². The van der Waals surface area contributed by atoms with E-state index in [1.165, 1.54) is 11.8 Å². The van der Waals surface area contributed by atoms with E-state index < -0.39 is 5.97 Å². The molecule has 1 aliphatic rings. The van der Waals surface area contributed by atoms with E-state index in [4.69, 9.17) is 4.74 Å². The van der Waals surface area contributed by atoms with E-state index in [1.54, 1.807) is 35.4 Å². The number of rotatable bonds is 3. The highest BCUT2D eigenvalue weighted by Crippen LogP contribution is 2.30. The van der Waals surface area contributed by atoms with Gasteiger partial charge in [-0.2, -0.15) is 5.10 Å². The highest BCUT2D eigenvalue weighted by Gasteiger charge is 2.26. The smallest absolute Gasteiger partial charge is 0.338 e. The Morgan fingerprint density at radius 3 is 2.79 bits per heavy atom. The first-order chi connectivity index (χ1) is 13.6. The number of carbonyl (C=O) groups excluding carboxylic acids is 2. The first-order valence-electron chi connectivity index (χ1n) is 9.05. The zero-order valence-corrected chi connectivity index (χ0v) is 15.4. The molecule has 0 spiro atoms. The first-order valence-corrected chi connectivity index (χ1v) is 9.05. The van der Waals surface area contributed by atoms with Crippen molar-refractivity contribution in [3.8, 4) is 0 Å². The predicted molar refractivity (Wildman–Crippen MR) is 104 cm³/mol. The molecule has 3 aromatic rings. The summed E-state index contributed by atoms with van der Waals surface area (Å²) in [5, 5.41) is 5.40. The van der Waals surface area contributed by atoms with Crippen LogP contribution in [0.2, 0.25) is 0 Å². The lowest BCUT2D eigenvalue weighted by atomic mass is 9.96. The Labute approximate surface area is 161 Å². The van der Waals surface area contributed by atoms with E-state index in [1.807, 2.05) is 18.2 Å². The second-order valence-corrected chi connectivity index (χ2v) is 6.64. The fourth-order valence-electron chi connectivity index (χ4n) is 3.64. The van der Waals surface area contributed by atoms with Gasteiger partial charge >= 0.3 is 5.97 Å². The van der Waals surface area contributed by atoms with Gasteiger partial charge in [-0.05, 0) is 36.6 Å². The summed E-state index contributed by atoms with van der Waals surface area (Å²) in [6, 6.07) is 12.4. The Morgan fingerprint density at radius 2 is 1.96 bits per heavy atom. The molecule has 7 nitrogen and oxygen atoms in total. The lowest BCUT2D eigenvalue weighted by Crippen LogP contribution is -2.40. The third-order valence-corrected chi connectivity index (χ3v) is 5.00. The van der Waals surface area contributed by atoms with Crippen LogP contribution in [0.1, 0.15) is 22.3 Å². The maximum absolute atomic E-state index is 13.0. The topological polar surface area (TPSA) is 81.5 Å². The maximum atomic E-state index is 13.0. The van der Waals surface area contributed by atoms with Crippen molar-refractivity contribution >= 4 is 28.3 Å². The molecular weight excluding hydrogens is 358 g/mol. The van der Waals surface area contributed by atoms with Gasteiger partial charge in [0.25, 0.3) is 5.56 Å². The number of aromatic nitrogens is 2. The van der Waals surface area contributed by atoms with Gasteiger partial charge in [0.15, 0.2) is 0 Å². The van der Waals surface area contributed by atoms with E-state index in [9.17, 15) is 14.4 Å². The van der Waals surface area contributed by atoms with Crippen molar-refractivity contribution in [2.24, 2.45) is 0 Å². The Kier molecular flexibility index (Phi) is 4.65. The van der Waals surface area contributed by atoms with Crippen molar-refractivity contribution in [2.45, 2.75) is 19.4 Å². The van der Waals surface area contributed by atoms with Crippen LogP contribution in [-0.4, -0.2) is 35.3 Å². The summed E-state index contributed by atoms with van der Waals surface area (Å²) in [5.41, 5.74) is 1.66. The number of hydrogen-bond donors (Lipinski definition) is 0. The van der Waals surface area contributed by atoms with Crippen LogP contribution in [0.25, 0.3) is 10.8 Å². The van der Waals surface area contributed by atoms with Crippen molar-refractivity contribution in [3.05, 3.63) is 70.1 Å². The molecular formula is C21H19N3O4. The van der Waals surface area contributed by atoms with Crippen molar-refractivity contribution in [2.75, 3.05) is 18.6 Å². The van der Waals surface area contributed by atoms with Gasteiger partial charge in [-0.15, -0.1) is 0 Å². The monoisotopic (exact) mass is 377 g/mol. The molecule has 0 unspecified atom stereocenters. The molecule has 0 bridgehead atoms. The van der Waals surface area contributed by atoms with Gasteiger partial charge in [-0.25, -0.2) is 9.48 Å². The Balaban J connectivity index is 1.67. The molecule has 0 aliphatic carbocycles. The summed E-state index contributed by atoms with van der Waals surface area (Å²) in [6.07, 6.45) is 3.01.